The Morgan fingerprint density at radius 1 is 1.29 bits per heavy atom. The molecule has 1 aromatic carbocycles. The molecular weight excluding hydrogens is 369 g/mol. The molecule has 8 nitrogen and oxygen atoms in total. The monoisotopic (exact) mass is 389 g/mol. The molecule has 148 valence electrons. The molecule has 0 radical (unpaired) electrons. The molecule has 1 saturated heterocycles. The highest BCUT2D eigenvalue weighted by Crippen LogP contribution is 2.19. The van der Waals surface area contributed by atoms with Crippen LogP contribution in [0.1, 0.15) is 11.3 Å². The van der Waals surface area contributed by atoms with Crippen LogP contribution in [0.3, 0.4) is 0 Å². The van der Waals surface area contributed by atoms with Gasteiger partial charge in [-0.1, -0.05) is 6.07 Å². The Morgan fingerprint density at radius 3 is 2.64 bits per heavy atom. The second-order valence-corrected chi connectivity index (χ2v) is 6.34. The standard InChI is InChI=1S/C19H20FN3O5/c1-27-17-5-2-14(12-16(17)20)13-21-8-10-22(11-9-21)18(24)6-3-15-4-7-19(28-15)23(25)26/h2-7,12H,8-11,13H2,1H3/b6-3+. The number of nitrogens with zero attached hydrogens (tertiary/aromatic N) is 3. The molecule has 9 heteroatoms. The summed E-state index contributed by atoms with van der Waals surface area (Å²) < 4.78 is 23.7. The Labute approximate surface area is 160 Å². The summed E-state index contributed by atoms with van der Waals surface area (Å²) in [6, 6.07) is 7.57. The van der Waals surface area contributed by atoms with Crippen molar-refractivity contribution < 1.29 is 23.3 Å². The number of ether oxygens (including phenoxy) is 1. The first-order valence-electron chi connectivity index (χ1n) is 8.72. The van der Waals surface area contributed by atoms with Gasteiger partial charge in [0.1, 0.15) is 10.7 Å². The molecule has 0 atom stereocenters. The van der Waals surface area contributed by atoms with E-state index in [1.54, 1.807) is 11.0 Å². The summed E-state index contributed by atoms with van der Waals surface area (Å²) in [5.74, 6) is -0.477. The number of halogens is 1. The molecule has 0 bridgehead atoms. The molecule has 28 heavy (non-hydrogen) atoms. The Balaban J connectivity index is 1.50. The molecule has 1 aliphatic heterocycles. The maximum atomic E-state index is 13.8. The SMILES string of the molecule is COc1ccc(CN2CCN(C(=O)/C=C/c3ccc([N+](=O)[O-])o3)CC2)cc1F. The van der Waals surface area contributed by atoms with Crippen LogP contribution in [0.2, 0.25) is 0 Å². The Kier molecular flexibility index (Phi) is 6.05. The number of nitro groups is 1. The average molecular weight is 389 g/mol. The van der Waals surface area contributed by atoms with Crippen LogP contribution in [0.4, 0.5) is 10.3 Å². The number of carbonyl (C=O) groups is 1. The van der Waals surface area contributed by atoms with Crippen LogP contribution in [0.25, 0.3) is 6.08 Å². The fourth-order valence-electron chi connectivity index (χ4n) is 2.98. The van der Waals surface area contributed by atoms with Gasteiger partial charge < -0.3 is 14.1 Å². The predicted molar refractivity (Wildman–Crippen MR) is 99.2 cm³/mol. The van der Waals surface area contributed by atoms with Gasteiger partial charge in [0.25, 0.3) is 0 Å². The van der Waals surface area contributed by atoms with Crippen LogP contribution < -0.4 is 4.74 Å². The minimum absolute atomic E-state index is 0.186. The lowest BCUT2D eigenvalue weighted by molar-refractivity contribution is -0.402. The quantitative estimate of drug-likeness (QED) is 0.429. The molecule has 0 spiro atoms. The lowest BCUT2D eigenvalue weighted by Crippen LogP contribution is -2.47. The van der Waals surface area contributed by atoms with Gasteiger partial charge in [-0.05, 0) is 29.8 Å². The molecule has 1 amide bonds. The molecule has 0 unspecified atom stereocenters. The van der Waals surface area contributed by atoms with Crippen molar-refractivity contribution in [3.05, 3.63) is 63.7 Å². The summed E-state index contributed by atoms with van der Waals surface area (Å²) in [6.45, 7) is 3.01. The lowest BCUT2D eigenvalue weighted by Gasteiger charge is -2.34. The van der Waals surface area contributed by atoms with Crippen molar-refractivity contribution in [1.82, 2.24) is 9.80 Å². The van der Waals surface area contributed by atoms with Crippen molar-refractivity contribution in [1.29, 1.82) is 0 Å². The van der Waals surface area contributed by atoms with Gasteiger partial charge in [0.2, 0.25) is 5.91 Å². The highest BCUT2D eigenvalue weighted by Gasteiger charge is 2.20. The lowest BCUT2D eigenvalue weighted by atomic mass is 10.2. The second-order valence-electron chi connectivity index (χ2n) is 6.34. The number of carbonyl (C=O) groups excluding carboxylic acids is 1. The molecule has 1 fully saturated rings. The Morgan fingerprint density at radius 2 is 2.04 bits per heavy atom. The van der Waals surface area contributed by atoms with E-state index in [4.69, 9.17) is 9.15 Å². The van der Waals surface area contributed by atoms with Gasteiger partial charge in [0.05, 0.1) is 13.2 Å². The first-order chi connectivity index (χ1) is 13.5. The van der Waals surface area contributed by atoms with Crippen LogP contribution in [-0.2, 0) is 11.3 Å². The highest BCUT2D eigenvalue weighted by atomic mass is 19.1. The first-order valence-corrected chi connectivity index (χ1v) is 8.72. The molecule has 0 N–H and O–H groups in total. The maximum Gasteiger partial charge on any atom is 0.433 e. The van der Waals surface area contributed by atoms with Crippen LogP contribution >= 0.6 is 0 Å². The molecule has 0 saturated carbocycles. The Hall–Kier alpha value is -3.20. The van der Waals surface area contributed by atoms with E-state index in [9.17, 15) is 19.3 Å². The van der Waals surface area contributed by atoms with E-state index in [1.165, 1.54) is 37.5 Å². The van der Waals surface area contributed by atoms with E-state index in [2.05, 4.69) is 4.90 Å². The zero-order valence-electron chi connectivity index (χ0n) is 15.3. The van der Waals surface area contributed by atoms with Crippen LogP contribution in [0.5, 0.6) is 5.75 Å². The second kappa shape index (κ2) is 8.66. The molecule has 0 aliphatic carbocycles. The number of methoxy groups -OCH3 is 1. The molecular formula is C19H20FN3O5. The summed E-state index contributed by atoms with van der Waals surface area (Å²) in [6.07, 6.45) is 2.76. The summed E-state index contributed by atoms with van der Waals surface area (Å²) in [5.41, 5.74) is 0.845. The summed E-state index contributed by atoms with van der Waals surface area (Å²) >= 11 is 0. The van der Waals surface area contributed by atoms with Crippen LogP contribution in [0, 0.1) is 15.9 Å². The van der Waals surface area contributed by atoms with Crippen molar-refractivity contribution in [2.75, 3.05) is 33.3 Å². The van der Waals surface area contributed by atoms with Crippen LogP contribution in [0.15, 0.2) is 40.8 Å². The number of piperazine rings is 1. The maximum absolute atomic E-state index is 13.8. The minimum atomic E-state index is -0.632. The molecule has 3 rings (SSSR count). The van der Waals surface area contributed by atoms with Crippen molar-refractivity contribution in [2.45, 2.75) is 6.54 Å². The van der Waals surface area contributed by atoms with Gasteiger partial charge >= 0.3 is 5.88 Å². The van der Waals surface area contributed by atoms with E-state index in [1.807, 2.05) is 6.07 Å². The van der Waals surface area contributed by atoms with Gasteiger partial charge in [-0.25, -0.2) is 4.39 Å². The number of hydrogen-bond acceptors (Lipinski definition) is 6. The average Bonchev–Trinajstić information content (AvgIpc) is 3.16. The molecule has 1 aromatic heterocycles. The summed E-state index contributed by atoms with van der Waals surface area (Å²) in [4.78, 5) is 26.1. The number of hydrogen-bond donors (Lipinski definition) is 0. The molecule has 1 aliphatic rings. The first kappa shape index (κ1) is 19.6. The van der Waals surface area contributed by atoms with E-state index in [0.29, 0.717) is 32.7 Å². The molecule has 2 aromatic rings. The highest BCUT2D eigenvalue weighted by molar-refractivity contribution is 5.91. The van der Waals surface area contributed by atoms with Crippen molar-refractivity contribution in [2.24, 2.45) is 0 Å². The Bertz CT molecular complexity index is 887. The normalized spacial score (nSPS) is 15.1. The van der Waals surface area contributed by atoms with E-state index >= 15 is 0 Å². The zero-order chi connectivity index (χ0) is 20.1. The summed E-state index contributed by atoms with van der Waals surface area (Å²) in [7, 11) is 1.43. The molecule has 2 heterocycles. The third-order valence-corrected chi connectivity index (χ3v) is 4.49. The predicted octanol–water partition coefficient (Wildman–Crippen LogP) is 2.69. The van der Waals surface area contributed by atoms with Gasteiger partial charge in [0.15, 0.2) is 11.6 Å². The third-order valence-electron chi connectivity index (χ3n) is 4.49. The van der Waals surface area contributed by atoms with Gasteiger partial charge in [-0.3, -0.25) is 19.8 Å². The minimum Gasteiger partial charge on any atom is -0.494 e. The number of rotatable bonds is 6. The van der Waals surface area contributed by atoms with Crippen molar-refractivity contribution in [3.63, 3.8) is 0 Å². The van der Waals surface area contributed by atoms with Crippen molar-refractivity contribution >= 4 is 17.9 Å². The van der Waals surface area contributed by atoms with Crippen LogP contribution in [-0.4, -0.2) is 53.9 Å². The topological polar surface area (TPSA) is 89.1 Å². The van der Waals surface area contributed by atoms with E-state index < -0.39 is 10.7 Å². The number of furan rings is 1. The third kappa shape index (κ3) is 4.74. The largest absolute Gasteiger partial charge is 0.494 e. The summed E-state index contributed by atoms with van der Waals surface area (Å²) in [5, 5.41) is 10.6. The fraction of sp³-hybridized carbons (Fsp3) is 0.316. The van der Waals surface area contributed by atoms with Gasteiger partial charge in [-0.15, -0.1) is 0 Å². The van der Waals surface area contributed by atoms with E-state index in [-0.39, 0.29) is 23.3 Å². The smallest absolute Gasteiger partial charge is 0.433 e. The van der Waals surface area contributed by atoms with Crippen molar-refractivity contribution in [3.8, 4) is 5.75 Å². The number of benzene rings is 1. The van der Waals surface area contributed by atoms with E-state index in [0.717, 1.165) is 5.56 Å². The number of amides is 1. The van der Waals surface area contributed by atoms with Gasteiger partial charge in [0, 0.05) is 38.8 Å². The fourth-order valence-corrected chi connectivity index (χ4v) is 2.98. The van der Waals surface area contributed by atoms with Gasteiger partial charge in [-0.2, -0.15) is 0 Å². The zero-order valence-corrected chi connectivity index (χ0v) is 15.3.